The van der Waals surface area contributed by atoms with Gasteiger partial charge in [-0.1, -0.05) is 0 Å². The van der Waals surface area contributed by atoms with Crippen molar-refractivity contribution in [3.8, 4) is 0 Å². The molecule has 21 heavy (non-hydrogen) atoms. The lowest BCUT2D eigenvalue weighted by Crippen LogP contribution is -2.49. The summed E-state index contributed by atoms with van der Waals surface area (Å²) in [6.45, 7) is 11.0. The second kappa shape index (κ2) is 6.46. The summed E-state index contributed by atoms with van der Waals surface area (Å²) in [6.07, 6.45) is 6.82. The molecule has 0 radical (unpaired) electrons. The fraction of sp³-hybridized carbons (Fsp3) is 0.812. The standard InChI is InChI=1S/C16H29N5/c1-13(2)21-12-18-10-16(21)15(9-17)20-7-5-19(6-8-20)11-14-3-4-14/h10,12-15H,3-9,11,17H2,1-2H3. The predicted octanol–water partition coefficient (Wildman–Crippen LogP) is 1.49. The molecule has 118 valence electrons. The molecule has 2 aliphatic rings. The van der Waals surface area contributed by atoms with Crippen LogP contribution in [0, 0.1) is 5.92 Å². The van der Waals surface area contributed by atoms with Gasteiger partial charge in [0.05, 0.1) is 18.1 Å². The minimum absolute atomic E-state index is 0.304. The predicted molar refractivity (Wildman–Crippen MR) is 85.1 cm³/mol. The highest BCUT2D eigenvalue weighted by Crippen LogP contribution is 2.30. The maximum absolute atomic E-state index is 6.09. The van der Waals surface area contributed by atoms with Crippen LogP contribution in [0.15, 0.2) is 12.5 Å². The van der Waals surface area contributed by atoms with Gasteiger partial charge in [-0.3, -0.25) is 4.90 Å². The van der Waals surface area contributed by atoms with Crippen molar-refractivity contribution >= 4 is 0 Å². The molecule has 0 spiro atoms. The third-order valence-electron chi connectivity index (χ3n) is 4.88. The lowest BCUT2D eigenvalue weighted by Gasteiger charge is -2.39. The molecule has 2 N–H and O–H groups in total. The van der Waals surface area contributed by atoms with Crippen LogP contribution >= 0.6 is 0 Å². The fourth-order valence-electron chi connectivity index (χ4n) is 3.38. The molecule has 0 aromatic carbocycles. The Morgan fingerprint density at radius 1 is 1.24 bits per heavy atom. The molecule has 0 bridgehead atoms. The highest BCUT2D eigenvalue weighted by atomic mass is 15.3. The SMILES string of the molecule is CC(C)n1cncc1C(CN)N1CCN(CC2CC2)CC1. The first kappa shape index (κ1) is 15.0. The van der Waals surface area contributed by atoms with E-state index in [1.165, 1.54) is 38.2 Å². The molecule has 5 nitrogen and oxygen atoms in total. The first-order valence-electron chi connectivity index (χ1n) is 8.37. The van der Waals surface area contributed by atoms with E-state index in [-0.39, 0.29) is 0 Å². The topological polar surface area (TPSA) is 50.3 Å². The van der Waals surface area contributed by atoms with Crippen molar-refractivity contribution in [3.63, 3.8) is 0 Å². The number of nitrogens with zero attached hydrogens (tertiary/aromatic N) is 4. The molecule has 2 heterocycles. The van der Waals surface area contributed by atoms with E-state index < -0.39 is 0 Å². The molecular weight excluding hydrogens is 262 g/mol. The van der Waals surface area contributed by atoms with Crippen molar-refractivity contribution in [2.45, 2.75) is 38.8 Å². The Bertz CT molecular complexity index is 443. The summed E-state index contributed by atoms with van der Waals surface area (Å²) >= 11 is 0. The van der Waals surface area contributed by atoms with Gasteiger partial charge in [0, 0.05) is 51.5 Å². The fourth-order valence-corrected chi connectivity index (χ4v) is 3.38. The van der Waals surface area contributed by atoms with Gasteiger partial charge < -0.3 is 15.2 Å². The minimum atomic E-state index is 0.304. The number of piperazine rings is 1. The minimum Gasteiger partial charge on any atom is -0.331 e. The van der Waals surface area contributed by atoms with E-state index >= 15 is 0 Å². The van der Waals surface area contributed by atoms with E-state index in [1.807, 2.05) is 12.5 Å². The van der Waals surface area contributed by atoms with Gasteiger partial charge in [-0.25, -0.2) is 4.98 Å². The smallest absolute Gasteiger partial charge is 0.0951 e. The Morgan fingerprint density at radius 2 is 1.95 bits per heavy atom. The van der Waals surface area contributed by atoms with E-state index in [0.29, 0.717) is 18.6 Å². The number of rotatable bonds is 6. The van der Waals surface area contributed by atoms with Gasteiger partial charge in [-0.2, -0.15) is 0 Å². The summed E-state index contributed by atoms with van der Waals surface area (Å²) in [7, 11) is 0. The zero-order valence-corrected chi connectivity index (χ0v) is 13.4. The number of hydrogen-bond acceptors (Lipinski definition) is 4. The third kappa shape index (κ3) is 3.47. The molecule has 3 rings (SSSR count). The average molecular weight is 291 g/mol. The number of nitrogens with two attached hydrogens (primary N) is 1. The Morgan fingerprint density at radius 3 is 2.52 bits per heavy atom. The van der Waals surface area contributed by atoms with Crippen LogP contribution in [0.3, 0.4) is 0 Å². The molecule has 1 unspecified atom stereocenters. The normalized spacial score (nSPS) is 22.9. The van der Waals surface area contributed by atoms with E-state index in [4.69, 9.17) is 5.73 Å². The van der Waals surface area contributed by atoms with Crippen molar-refractivity contribution in [2.75, 3.05) is 39.3 Å². The van der Waals surface area contributed by atoms with Crippen molar-refractivity contribution in [2.24, 2.45) is 11.7 Å². The molecule has 1 aromatic rings. The van der Waals surface area contributed by atoms with Crippen molar-refractivity contribution in [1.29, 1.82) is 0 Å². The highest BCUT2D eigenvalue weighted by molar-refractivity contribution is 5.08. The maximum Gasteiger partial charge on any atom is 0.0951 e. The van der Waals surface area contributed by atoms with Gasteiger partial charge in [-0.05, 0) is 32.6 Å². The second-order valence-electron chi connectivity index (χ2n) is 6.85. The molecule has 1 saturated heterocycles. The largest absolute Gasteiger partial charge is 0.331 e. The monoisotopic (exact) mass is 291 g/mol. The van der Waals surface area contributed by atoms with Crippen LogP contribution in [0.2, 0.25) is 0 Å². The molecular formula is C16H29N5. The van der Waals surface area contributed by atoms with Crippen molar-refractivity contribution in [3.05, 3.63) is 18.2 Å². The molecule has 1 saturated carbocycles. The average Bonchev–Trinajstić information content (AvgIpc) is 3.15. The van der Waals surface area contributed by atoms with Crippen LogP contribution in [-0.2, 0) is 0 Å². The molecule has 2 fully saturated rings. The van der Waals surface area contributed by atoms with Crippen LogP contribution in [-0.4, -0.2) is 58.6 Å². The number of imidazole rings is 1. The van der Waals surface area contributed by atoms with Gasteiger partial charge in [-0.15, -0.1) is 0 Å². The van der Waals surface area contributed by atoms with Gasteiger partial charge in [0.25, 0.3) is 0 Å². The second-order valence-corrected chi connectivity index (χ2v) is 6.85. The van der Waals surface area contributed by atoms with Gasteiger partial charge in [0.1, 0.15) is 0 Å². The Hall–Kier alpha value is -0.910. The molecule has 1 aliphatic carbocycles. The van der Waals surface area contributed by atoms with Crippen LogP contribution < -0.4 is 5.73 Å². The first-order valence-corrected chi connectivity index (χ1v) is 8.37. The summed E-state index contributed by atoms with van der Waals surface area (Å²) in [6, 6.07) is 0.741. The highest BCUT2D eigenvalue weighted by Gasteiger charge is 2.29. The van der Waals surface area contributed by atoms with Gasteiger partial charge in [0.15, 0.2) is 0 Å². The van der Waals surface area contributed by atoms with E-state index in [9.17, 15) is 0 Å². The summed E-state index contributed by atoms with van der Waals surface area (Å²) in [4.78, 5) is 9.51. The lowest BCUT2D eigenvalue weighted by atomic mass is 10.1. The van der Waals surface area contributed by atoms with Crippen molar-refractivity contribution < 1.29 is 0 Å². The van der Waals surface area contributed by atoms with Crippen LogP contribution in [0.5, 0.6) is 0 Å². The summed E-state index contributed by atoms with van der Waals surface area (Å²) in [5.74, 6) is 0.990. The zero-order valence-electron chi connectivity index (χ0n) is 13.4. The Kier molecular flexibility index (Phi) is 4.62. The molecule has 0 amide bonds. The maximum atomic E-state index is 6.09. The zero-order chi connectivity index (χ0) is 14.8. The molecule has 1 aliphatic heterocycles. The third-order valence-corrected chi connectivity index (χ3v) is 4.88. The summed E-state index contributed by atoms with van der Waals surface area (Å²) in [5, 5.41) is 0. The molecule has 5 heteroatoms. The quantitative estimate of drug-likeness (QED) is 0.863. The van der Waals surface area contributed by atoms with E-state index in [0.717, 1.165) is 19.0 Å². The van der Waals surface area contributed by atoms with Crippen molar-refractivity contribution in [1.82, 2.24) is 19.4 Å². The summed E-state index contributed by atoms with van der Waals surface area (Å²) in [5.41, 5.74) is 7.36. The van der Waals surface area contributed by atoms with Gasteiger partial charge >= 0.3 is 0 Å². The van der Waals surface area contributed by atoms with Crippen LogP contribution in [0.1, 0.15) is 44.5 Å². The van der Waals surface area contributed by atoms with Crippen LogP contribution in [0.4, 0.5) is 0 Å². The first-order chi connectivity index (χ1) is 10.2. The molecule has 1 atom stereocenters. The van der Waals surface area contributed by atoms with Crippen LogP contribution in [0.25, 0.3) is 0 Å². The Labute approximate surface area is 128 Å². The number of aromatic nitrogens is 2. The van der Waals surface area contributed by atoms with Gasteiger partial charge in [0.2, 0.25) is 0 Å². The number of hydrogen-bond donors (Lipinski definition) is 1. The lowest BCUT2D eigenvalue weighted by molar-refractivity contribution is 0.0922. The summed E-state index contributed by atoms with van der Waals surface area (Å²) < 4.78 is 2.26. The van der Waals surface area contributed by atoms with E-state index in [2.05, 4.69) is 33.2 Å². The Balaban J connectivity index is 1.62. The van der Waals surface area contributed by atoms with E-state index in [1.54, 1.807) is 0 Å². The molecule has 1 aromatic heterocycles.